The molecule has 0 saturated heterocycles. The van der Waals surface area contributed by atoms with E-state index in [-0.39, 0.29) is 0 Å². The number of benzene rings is 16. The minimum atomic E-state index is 1.16. The van der Waals surface area contributed by atoms with E-state index >= 15 is 0 Å². The van der Waals surface area contributed by atoms with Crippen LogP contribution in [0.2, 0.25) is 0 Å². The third kappa shape index (κ3) is 9.47. The molecule has 0 bridgehead atoms. The molecule has 101 heavy (non-hydrogen) atoms. The van der Waals surface area contributed by atoms with Crippen LogP contribution in [0.5, 0.6) is 0 Å². The van der Waals surface area contributed by atoms with Gasteiger partial charge in [-0.05, 0) is 184 Å². The van der Waals surface area contributed by atoms with Gasteiger partial charge in [0.2, 0.25) is 0 Å². The Labute approximate surface area is 583 Å². The SMILES string of the molecule is c1ccc(-c2ccc(-n3c4ccccc4c4cc(-c5ccc6c(c5)c5ccccc5n6-c5ccc(-c6ccccc6)cc5)ccc43)cc2)cc1.c1ccc(-n2c3ccccc3c3cc(-c4ccc5c(c4)c4ccccc4n5-c4cccc5c4c4ccccc4n5-c4ccccc4)ccc32)cc1. The van der Waals surface area contributed by atoms with E-state index in [1.165, 1.54) is 165 Å². The monoisotopic (exact) mass is 1290 g/mol. The molecule has 0 aliphatic rings. The second kappa shape index (κ2) is 23.7. The summed E-state index contributed by atoms with van der Waals surface area (Å²) < 4.78 is 12.0. The summed E-state index contributed by atoms with van der Waals surface area (Å²) in [5.41, 5.74) is 27.7. The molecule has 5 heterocycles. The fourth-order valence-corrected chi connectivity index (χ4v) is 16.2. The summed E-state index contributed by atoms with van der Waals surface area (Å²) in [5.74, 6) is 0. The van der Waals surface area contributed by atoms with Crippen molar-refractivity contribution in [3.05, 3.63) is 382 Å². The Morgan fingerprint density at radius 3 is 0.733 bits per heavy atom. The van der Waals surface area contributed by atoms with E-state index in [1.54, 1.807) is 0 Å². The molecule has 0 aliphatic carbocycles. The first-order chi connectivity index (χ1) is 50.1. The van der Waals surface area contributed by atoms with Gasteiger partial charge in [0.05, 0.1) is 60.9 Å². The molecule has 0 radical (unpaired) electrons. The normalized spacial score (nSPS) is 11.8. The highest BCUT2D eigenvalue weighted by Crippen LogP contribution is 2.44. The standard InChI is InChI=1S/C48H31N3.C48H32N2/c1-3-14-34(15-4-1)49-41-21-10-7-18-36(41)39-30-32(26-28-44(39)49)33-27-29-45-40(31-33)37-19-8-11-22-42(37)51(45)47-25-13-24-46-48(47)38-20-9-12-23-43(38)50(46)35-16-5-2-6-17-35;1-3-11-33(12-4-1)35-19-25-39(26-20-35)49-45-17-9-7-15-41(45)43-31-37(23-29-47(43)49)38-24-30-48-44(32-38)42-16-8-10-18-46(42)50(48)40-27-21-36(22-28-40)34-13-5-2-6-14-34/h1-31H;1-32H. The van der Waals surface area contributed by atoms with E-state index in [0.29, 0.717) is 0 Å². The number of nitrogens with zero attached hydrogens (tertiary/aromatic N) is 5. The number of hydrogen-bond acceptors (Lipinski definition) is 0. The Kier molecular flexibility index (Phi) is 13.5. The highest BCUT2D eigenvalue weighted by molar-refractivity contribution is 6.18. The van der Waals surface area contributed by atoms with E-state index in [4.69, 9.17) is 0 Å². The summed E-state index contributed by atoms with van der Waals surface area (Å²) in [6.45, 7) is 0. The second-order valence-corrected chi connectivity index (χ2v) is 26.4. The van der Waals surface area contributed by atoms with Crippen LogP contribution in [-0.4, -0.2) is 22.8 Å². The van der Waals surface area contributed by atoms with Crippen LogP contribution in [0.3, 0.4) is 0 Å². The lowest BCUT2D eigenvalue weighted by Crippen LogP contribution is -1.96. The van der Waals surface area contributed by atoms with Gasteiger partial charge < -0.3 is 22.8 Å². The van der Waals surface area contributed by atoms with Crippen LogP contribution in [0.15, 0.2) is 382 Å². The molecule has 0 amide bonds. The van der Waals surface area contributed by atoms with Crippen molar-refractivity contribution in [1.29, 1.82) is 0 Å². The van der Waals surface area contributed by atoms with Gasteiger partial charge in [-0.2, -0.15) is 0 Å². The van der Waals surface area contributed by atoms with Gasteiger partial charge in [0, 0.05) is 76.6 Å². The van der Waals surface area contributed by atoms with Crippen molar-refractivity contribution in [3.8, 4) is 72.9 Å². The molecule has 472 valence electrons. The zero-order chi connectivity index (χ0) is 66.5. The number of fused-ring (bicyclic) bond motifs is 15. The molecule has 5 aromatic heterocycles. The predicted molar refractivity (Wildman–Crippen MR) is 426 cm³/mol. The molecule has 5 nitrogen and oxygen atoms in total. The number of hydrogen-bond donors (Lipinski definition) is 0. The van der Waals surface area contributed by atoms with Gasteiger partial charge in [0.25, 0.3) is 0 Å². The molecule has 0 aliphatic heterocycles. The van der Waals surface area contributed by atoms with Crippen LogP contribution in [0.4, 0.5) is 0 Å². The summed E-state index contributed by atoms with van der Waals surface area (Å²) in [7, 11) is 0. The molecule has 5 heteroatoms. The predicted octanol–water partition coefficient (Wildman–Crippen LogP) is 25.5. The first-order valence-electron chi connectivity index (χ1n) is 34.7. The summed E-state index contributed by atoms with van der Waals surface area (Å²) in [6.07, 6.45) is 0. The lowest BCUT2D eigenvalue weighted by atomic mass is 10.0. The lowest BCUT2D eigenvalue weighted by molar-refractivity contribution is 1.17. The van der Waals surface area contributed by atoms with Crippen molar-refractivity contribution in [2.45, 2.75) is 0 Å². The molecule has 16 aromatic carbocycles. The van der Waals surface area contributed by atoms with Crippen LogP contribution in [0.1, 0.15) is 0 Å². The third-order valence-corrected chi connectivity index (χ3v) is 20.8. The van der Waals surface area contributed by atoms with Gasteiger partial charge in [-0.25, -0.2) is 0 Å². The van der Waals surface area contributed by atoms with Gasteiger partial charge in [-0.15, -0.1) is 0 Å². The number of aromatic nitrogens is 5. The van der Waals surface area contributed by atoms with Crippen LogP contribution in [-0.2, 0) is 0 Å². The number of para-hydroxylation sites is 7. The maximum absolute atomic E-state index is 2.47. The second-order valence-electron chi connectivity index (χ2n) is 26.4. The summed E-state index contributed by atoms with van der Waals surface area (Å²) in [4.78, 5) is 0. The minimum absolute atomic E-state index is 1.16. The Morgan fingerprint density at radius 2 is 0.366 bits per heavy atom. The van der Waals surface area contributed by atoms with Gasteiger partial charge >= 0.3 is 0 Å². The van der Waals surface area contributed by atoms with Crippen LogP contribution in [0, 0.1) is 0 Å². The van der Waals surface area contributed by atoms with Crippen molar-refractivity contribution < 1.29 is 0 Å². The molecular formula is C96H63N5. The summed E-state index contributed by atoms with van der Waals surface area (Å²) in [5, 5.41) is 12.5. The smallest absolute Gasteiger partial charge is 0.0562 e. The largest absolute Gasteiger partial charge is 0.309 e. The maximum Gasteiger partial charge on any atom is 0.0562 e. The van der Waals surface area contributed by atoms with Gasteiger partial charge in [-0.3, -0.25) is 0 Å². The fraction of sp³-hybridized carbons (Fsp3) is 0. The zero-order valence-corrected chi connectivity index (χ0v) is 55.1. The van der Waals surface area contributed by atoms with E-state index in [1.807, 2.05) is 0 Å². The van der Waals surface area contributed by atoms with E-state index in [9.17, 15) is 0 Å². The topological polar surface area (TPSA) is 24.6 Å². The zero-order valence-electron chi connectivity index (χ0n) is 55.1. The van der Waals surface area contributed by atoms with Crippen LogP contribution in [0.25, 0.3) is 182 Å². The Bertz CT molecular complexity index is 6570. The molecular weight excluding hydrogens is 1220 g/mol. The van der Waals surface area contributed by atoms with Crippen molar-refractivity contribution in [2.75, 3.05) is 0 Å². The molecule has 0 atom stereocenters. The minimum Gasteiger partial charge on any atom is -0.309 e. The summed E-state index contributed by atoms with van der Waals surface area (Å²) >= 11 is 0. The van der Waals surface area contributed by atoms with E-state index in [2.05, 4.69) is 405 Å². The van der Waals surface area contributed by atoms with Crippen molar-refractivity contribution >= 4 is 109 Å². The average Bonchev–Trinajstić information content (AvgIpc) is 1.57. The molecule has 0 spiro atoms. The van der Waals surface area contributed by atoms with E-state index in [0.717, 1.165) is 17.1 Å². The van der Waals surface area contributed by atoms with Crippen LogP contribution < -0.4 is 0 Å². The first kappa shape index (κ1) is 57.7. The van der Waals surface area contributed by atoms with E-state index < -0.39 is 0 Å². The first-order valence-corrected chi connectivity index (χ1v) is 34.7. The Hall–Kier alpha value is -13.5. The molecule has 0 unspecified atom stereocenters. The van der Waals surface area contributed by atoms with Gasteiger partial charge in [0.15, 0.2) is 0 Å². The van der Waals surface area contributed by atoms with Gasteiger partial charge in [0.1, 0.15) is 0 Å². The molecule has 21 aromatic rings. The van der Waals surface area contributed by atoms with Crippen LogP contribution >= 0.6 is 0 Å². The molecule has 0 saturated carbocycles. The highest BCUT2D eigenvalue weighted by Gasteiger charge is 2.22. The van der Waals surface area contributed by atoms with Crippen molar-refractivity contribution in [3.63, 3.8) is 0 Å². The Morgan fingerprint density at radius 1 is 0.129 bits per heavy atom. The Balaban J connectivity index is 0.000000136. The number of rotatable bonds is 9. The average molecular weight is 1290 g/mol. The molecule has 21 rings (SSSR count). The molecule has 0 fully saturated rings. The molecule has 0 N–H and O–H groups in total. The van der Waals surface area contributed by atoms with Crippen molar-refractivity contribution in [2.24, 2.45) is 0 Å². The quantitative estimate of drug-likeness (QED) is 0.138. The lowest BCUT2D eigenvalue weighted by Gasteiger charge is -2.12. The van der Waals surface area contributed by atoms with Gasteiger partial charge in [-0.1, -0.05) is 243 Å². The summed E-state index contributed by atoms with van der Waals surface area (Å²) in [6, 6.07) is 139. The third-order valence-electron chi connectivity index (χ3n) is 20.8. The highest BCUT2D eigenvalue weighted by atomic mass is 15.0. The maximum atomic E-state index is 2.47. The van der Waals surface area contributed by atoms with Crippen molar-refractivity contribution in [1.82, 2.24) is 22.8 Å². The fourth-order valence-electron chi connectivity index (χ4n) is 16.2.